The maximum atomic E-state index is 8.85. The first-order chi connectivity index (χ1) is 11.1. The minimum Gasteiger partial charge on any atom is -0.376 e. The van der Waals surface area contributed by atoms with Gasteiger partial charge in [-0.05, 0) is 37.3 Å². The van der Waals surface area contributed by atoms with Crippen molar-refractivity contribution in [2.45, 2.75) is 50.9 Å². The normalized spacial score (nSPS) is 39.4. The summed E-state index contributed by atoms with van der Waals surface area (Å²) in [5.41, 5.74) is 9.95. The molecule has 0 unspecified atom stereocenters. The van der Waals surface area contributed by atoms with Gasteiger partial charge in [0.1, 0.15) is 0 Å². The van der Waals surface area contributed by atoms with Gasteiger partial charge in [-0.1, -0.05) is 35.4 Å². The highest BCUT2D eigenvalue weighted by atomic mass is 16.8. The van der Waals surface area contributed by atoms with Gasteiger partial charge in [-0.15, -0.1) is 0 Å². The predicted octanol–water partition coefficient (Wildman–Crippen LogP) is 3.42. The number of benzene rings is 1. The lowest BCUT2D eigenvalue weighted by Crippen LogP contribution is -2.34. The van der Waals surface area contributed by atoms with E-state index >= 15 is 0 Å². The van der Waals surface area contributed by atoms with Crippen LogP contribution >= 0.6 is 0 Å². The van der Waals surface area contributed by atoms with E-state index in [2.05, 4.69) is 22.2 Å². The molecule has 0 bridgehead atoms. The standard InChI is InChI=1S/C17H21N3O3/c1-16(2)22-14-13(19-20-18)12-8-17(12,15(14)23-16)10-21-9-11-6-4-3-5-7-11/h3-7,12-15H,8-10H2,1-2H3/t12-,13-,14+,15+,17+/m1/s1. The van der Waals surface area contributed by atoms with Gasteiger partial charge in [0.2, 0.25) is 0 Å². The van der Waals surface area contributed by atoms with Crippen LogP contribution in [0.5, 0.6) is 0 Å². The summed E-state index contributed by atoms with van der Waals surface area (Å²) < 4.78 is 18.1. The van der Waals surface area contributed by atoms with Crippen LogP contribution in [0.4, 0.5) is 0 Å². The van der Waals surface area contributed by atoms with Crippen molar-refractivity contribution in [1.82, 2.24) is 0 Å². The highest BCUT2D eigenvalue weighted by Gasteiger charge is 2.75. The first kappa shape index (κ1) is 15.0. The van der Waals surface area contributed by atoms with Crippen molar-refractivity contribution in [2.24, 2.45) is 16.4 Å². The number of ether oxygens (including phenoxy) is 3. The fraction of sp³-hybridized carbons (Fsp3) is 0.647. The Morgan fingerprint density at radius 1 is 1.30 bits per heavy atom. The van der Waals surface area contributed by atoms with E-state index in [1.807, 2.05) is 32.0 Å². The van der Waals surface area contributed by atoms with Crippen LogP contribution in [-0.4, -0.2) is 30.6 Å². The van der Waals surface area contributed by atoms with Crippen molar-refractivity contribution >= 4 is 0 Å². The zero-order valence-corrected chi connectivity index (χ0v) is 13.4. The van der Waals surface area contributed by atoms with E-state index < -0.39 is 5.79 Å². The van der Waals surface area contributed by atoms with Gasteiger partial charge in [0.25, 0.3) is 0 Å². The third-order valence-electron chi connectivity index (χ3n) is 5.29. The Balaban J connectivity index is 1.47. The van der Waals surface area contributed by atoms with Crippen LogP contribution in [0, 0.1) is 11.3 Å². The third kappa shape index (κ3) is 2.42. The van der Waals surface area contributed by atoms with Gasteiger partial charge in [0, 0.05) is 10.3 Å². The molecule has 1 aliphatic heterocycles. The van der Waals surface area contributed by atoms with Crippen molar-refractivity contribution in [3.63, 3.8) is 0 Å². The maximum Gasteiger partial charge on any atom is 0.163 e. The van der Waals surface area contributed by atoms with E-state index in [4.69, 9.17) is 19.7 Å². The maximum absolute atomic E-state index is 8.85. The molecular formula is C17H21N3O3. The van der Waals surface area contributed by atoms with Crippen LogP contribution in [0.3, 0.4) is 0 Å². The topological polar surface area (TPSA) is 76.5 Å². The Kier molecular flexibility index (Phi) is 3.39. The summed E-state index contributed by atoms with van der Waals surface area (Å²) in [6.07, 6.45) is 0.778. The smallest absolute Gasteiger partial charge is 0.163 e. The zero-order valence-electron chi connectivity index (χ0n) is 13.4. The Hall–Kier alpha value is -1.59. The number of rotatable bonds is 5. The molecule has 1 aromatic rings. The molecule has 0 aromatic heterocycles. The molecule has 1 aromatic carbocycles. The van der Waals surface area contributed by atoms with Crippen molar-refractivity contribution in [3.8, 4) is 0 Å². The Labute approximate surface area is 135 Å². The highest BCUT2D eigenvalue weighted by molar-refractivity contribution is 5.24. The summed E-state index contributed by atoms with van der Waals surface area (Å²) in [5, 5.41) is 3.99. The minimum atomic E-state index is -0.626. The van der Waals surface area contributed by atoms with Crippen LogP contribution < -0.4 is 0 Å². The number of nitrogens with zero attached hydrogens (tertiary/aromatic N) is 3. The molecule has 6 nitrogen and oxygen atoms in total. The second kappa shape index (κ2) is 5.21. The second-order valence-electron chi connectivity index (χ2n) is 7.24. The number of fused-ring (bicyclic) bond motifs is 3. The minimum absolute atomic E-state index is 0.0474. The Morgan fingerprint density at radius 2 is 2.09 bits per heavy atom. The second-order valence-corrected chi connectivity index (χ2v) is 7.24. The number of azide groups is 1. The third-order valence-corrected chi connectivity index (χ3v) is 5.29. The van der Waals surface area contributed by atoms with E-state index in [1.54, 1.807) is 0 Å². The van der Waals surface area contributed by atoms with E-state index in [0.29, 0.717) is 19.1 Å². The van der Waals surface area contributed by atoms with Gasteiger partial charge in [0.15, 0.2) is 5.79 Å². The Morgan fingerprint density at radius 3 is 2.83 bits per heavy atom. The molecule has 4 rings (SSSR count). The molecule has 2 aliphatic carbocycles. The van der Waals surface area contributed by atoms with E-state index in [1.165, 1.54) is 0 Å². The van der Waals surface area contributed by atoms with Gasteiger partial charge in [-0.3, -0.25) is 0 Å². The quantitative estimate of drug-likeness (QED) is 0.474. The molecule has 0 amide bonds. The van der Waals surface area contributed by atoms with Gasteiger partial charge >= 0.3 is 0 Å². The first-order valence-electron chi connectivity index (χ1n) is 8.07. The highest BCUT2D eigenvalue weighted by Crippen LogP contribution is 2.68. The molecule has 6 heteroatoms. The lowest BCUT2D eigenvalue weighted by Gasteiger charge is -2.23. The van der Waals surface area contributed by atoms with Crippen molar-refractivity contribution in [2.75, 3.05) is 6.61 Å². The van der Waals surface area contributed by atoms with Gasteiger partial charge < -0.3 is 14.2 Å². The van der Waals surface area contributed by atoms with Crippen molar-refractivity contribution in [1.29, 1.82) is 0 Å². The van der Waals surface area contributed by atoms with Gasteiger partial charge in [-0.25, -0.2) is 0 Å². The van der Waals surface area contributed by atoms with Gasteiger partial charge in [0.05, 0.1) is 31.5 Å². The largest absolute Gasteiger partial charge is 0.376 e. The fourth-order valence-corrected chi connectivity index (χ4v) is 4.24. The first-order valence-corrected chi connectivity index (χ1v) is 8.07. The average Bonchev–Trinajstić information content (AvgIpc) is 3.08. The summed E-state index contributed by atoms with van der Waals surface area (Å²) in [6.45, 7) is 5.02. The molecule has 23 heavy (non-hydrogen) atoms. The average molecular weight is 315 g/mol. The summed E-state index contributed by atoms with van der Waals surface area (Å²) >= 11 is 0. The number of hydrogen-bond donors (Lipinski definition) is 0. The van der Waals surface area contributed by atoms with Gasteiger partial charge in [-0.2, -0.15) is 0 Å². The van der Waals surface area contributed by atoms with Crippen molar-refractivity contribution in [3.05, 3.63) is 46.3 Å². The molecule has 1 heterocycles. The lowest BCUT2D eigenvalue weighted by molar-refractivity contribution is -0.162. The van der Waals surface area contributed by atoms with E-state index in [9.17, 15) is 0 Å². The van der Waals surface area contributed by atoms with Crippen LogP contribution in [0.25, 0.3) is 10.4 Å². The zero-order chi connectivity index (χ0) is 16.1. The molecule has 2 saturated carbocycles. The molecule has 1 saturated heterocycles. The summed E-state index contributed by atoms with van der Waals surface area (Å²) in [7, 11) is 0. The SMILES string of the molecule is CC1(C)O[C@H]2[C@H](N=[N+]=[N-])[C@H]3C[C@@]3(COCc3ccccc3)[C@H]2O1. The fourth-order valence-electron chi connectivity index (χ4n) is 4.24. The summed E-state index contributed by atoms with van der Waals surface area (Å²) in [5.74, 6) is -0.321. The molecule has 0 spiro atoms. The molecular weight excluding hydrogens is 294 g/mol. The molecule has 3 aliphatic rings. The van der Waals surface area contributed by atoms with Crippen LogP contribution in [0.2, 0.25) is 0 Å². The van der Waals surface area contributed by atoms with E-state index in [0.717, 1.165) is 12.0 Å². The molecule has 0 radical (unpaired) electrons. The Bertz CT molecular complexity index is 644. The molecule has 3 fully saturated rings. The number of hydrogen-bond acceptors (Lipinski definition) is 4. The molecule has 122 valence electrons. The van der Waals surface area contributed by atoms with Crippen LogP contribution in [0.1, 0.15) is 25.8 Å². The van der Waals surface area contributed by atoms with Crippen LogP contribution in [-0.2, 0) is 20.8 Å². The molecule has 0 N–H and O–H groups in total. The lowest BCUT2D eigenvalue weighted by atomic mass is 10.0. The van der Waals surface area contributed by atoms with Crippen molar-refractivity contribution < 1.29 is 14.2 Å². The molecule has 5 atom stereocenters. The summed E-state index contributed by atoms with van der Waals surface area (Å²) in [6, 6.07) is 9.98. The predicted molar refractivity (Wildman–Crippen MR) is 83.4 cm³/mol. The van der Waals surface area contributed by atoms with Crippen LogP contribution in [0.15, 0.2) is 35.4 Å². The summed E-state index contributed by atoms with van der Waals surface area (Å²) in [4.78, 5) is 3.01. The monoisotopic (exact) mass is 315 g/mol. The van der Waals surface area contributed by atoms with E-state index in [-0.39, 0.29) is 23.7 Å².